The van der Waals surface area contributed by atoms with E-state index < -0.39 is 11.9 Å². The van der Waals surface area contributed by atoms with E-state index in [0.29, 0.717) is 12.0 Å². The summed E-state index contributed by atoms with van der Waals surface area (Å²) in [5.41, 5.74) is 2.42. The number of hydrogen-bond donors (Lipinski definition) is 1. The van der Waals surface area contributed by atoms with Gasteiger partial charge in [0, 0.05) is 18.2 Å². The highest BCUT2D eigenvalue weighted by Crippen LogP contribution is 2.18. The quantitative estimate of drug-likeness (QED) is 0.775. The lowest BCUT2D eigenvalue weighted by Crippen LogP contribution is -2.27. The van der Waals surface area contributed by atoms with Crippen molar-refractivity contribution in [2.75, 3.05) is 0 Å². The molecule has 0 radical (unpaired) electrons. The molecule has 1 N–H and O–H groups in total. The Morgan fingerprint density at radius 2 is 2.16 bits per heavy atom. The lowest BCUT2D eigenvalue weighted by atomic mass is 10.2. The highest BCUT2D eigenvalue weighted by Gasteiger charge is 2.20. The van der Waals surface area contributed by atoms with E-state index >= 15 is 0 Å². The Balaban J connectivity index is 1.78. The number of hydrogen-bond acceptors (Lipinski definition) is 4. The van der Waals surface area contributed by atoms with Crippen molar-refractivity contribution >= 4 is 5.91 Å². The first kappa shape index (κ1) is 16.5. The van der Waals surface area contributed by atoms with Crippen LogP contribution in [0.2, 0.25) is 0 Å². The number of carbonyl (C=O) groups excluding carboxylic acids is 1. The monoisotopic (exact) mass is 334 g/mol. The van der Waals surface area contributed by atoms with Gasteiger partial charge in [-0.2, -0.15) is 10.4 Å². The van der Waals surface area contributed by atoms with Crippen molar-refractivity contribution in [1.29, 1.82) is 5.26 Å². The number of aryl methyl sites for hydroxylation is 2. The molecule has 0 aliphatic rings. The van der Waals surface area contributed by atoms with E-state index in [4.69, 9.17) is 4.42 Å². The summed E-state index contributed by atoms with van der Waals surface area (Å²) in [6, 6.07) is 12.5. The van der Waals surface area contributed by atoms with Crippen LogP contribution in [0.3, 0.4) is 0 Å². The third kappa shape index (κ3) is 3.45. The van der Waals surface area contributed by atoms with Crippen molar-refractivity contribution in [2.45, 2.75) is 26.3 Å². The van der Waals surface area contributed by atoms with E-state index in [1.807, 2.05) is 44.2 Å². The maximum atomic E-state index is 12.4. The summed E-state index contributed by atoms with van der Waals surface area (Å²) in [6.07, 6.45) is 4.02. The van der Waals surface area contributed by atoms with Crippen LogP contribution in [0.15, 0.2) is 53.2 Å². The fourth-order valence-corrected chi connectivity index (χ4v) is 2.58. The topological polar surface area (TPSA) is 83.8 Å². The molecule has 6 heteroatoms. The number of aromatic nitrogens is 2. The summed E-state index contributed by atoms with van der Waals surface area (Å²) < 4.78 is 7.20. The molecule has 0 bridgehead atoms. The van der Waals surface area contributed by atoms with Gasteiger partial charge in [-0.1, -0.05) is 25.1 Å². The highest BCUT2D eigenvalue weighted by atomic mass is 16.4. The summed E-state index contributed by atoms with van der Waals surface area (Å²) in [7, 11) is 0. The van der Waals surface area contributed by atoms with E-state index in [1.165, 1.54) is 0 Å². The summed E-state index contributed by atoms with van der Waals surface area (Å²) in [5.74, 6) is 0.572. The number of carbonyl (C=O) groups is 1. The Hall–Kier alpha value is -3.33. The van der Waals surface area contributed by atoms with Crippen LogP contribution in [0.5, 0.6) is 0 Å². The third-order valence-electron chi connectivity index (χ3n) is 3.93. The normalized spacial score (nSPS) is 11.7. The minimum atomic E-state index is -0.805. The van der Waals surface area contributed by atoms with Gasteiger partial charge in [-0.3, -0.25) is 4.79 Å². The number of benzene rings is 1. The molecule has 2 aromatic heterocycles. The molecule has 6 nitrogen and oxygen atoms in total. The van der Waals surface area contributed by atoms with Crippen LogP contribution in [0.1, 0.15) is 40.4 Å². The zero-order valence-corrected chi connectivity index (χ0v) is 14.1. The second kappa shape index (κ2) is 7.05. The van der Waals surface area contributed by atoms with Crippen LogP contribution in [-0.4, -0.2) is 15.7 Å². The molecule has 126 valence electrons. The molecule has 1 aromatic carbocycles. The van der Waals surface area contributed by atoms with Crippen LogP contribution >= 0.6 is 0 Å². The fraction of sp³-hybridized carbons (Fsp3) is 0.211. The molecule has 0 saturated heterocycles. The Bertz CT molecular complexity index is 919. The zero-order valence-electron chi connectivity index (χ0n) is 14.1. The van der Waals surface area contributed by atoms with Gasteiger partial charge in [0.25, 0.3) is 5.91 Å². The fourth-order valence-electron chi connectivity index (χ4n) is 2.58. The minimum Gasteiger partial charge on any atom is -0.456 e. The van der Waals surface area contributed by atoms with Gasteiger partial charge in [-0.05, 0) is 30.7 Å². The molecule has 0 aliphatic carbocycles. The molecule has 1 atom stereocenters. The number of nitrogens with one attached hydrogen (secondary N) is 1. The summed E-state index contributed by atoms with van der Waals surface area (Å²) in [4.78, 5) is 12.4. The number of nitriles is 1. The standard InChI is InChI=1S/C19H18N4O2/c1-3-17-13(2)9-18(25-17)19(24)22-16(10-20)14-11-21-23(12-14)15-7-5-4-6-8-15/h4-9,11-12,16H,3H2,1-2H3,(H,22,24)/t16-/m1/s1. The van der Waals surface area contributed by atoms with Crippen LogP contribution in [0, 0.1) is 18.3 Å². The number of rotatable bonds is 5. The van der Waals surface area contributed by atoms with Crippen LogP contribution in [-0.2, 0) is 6.42 Å². The molecule has 2 heterocycles. The molecule has 3 aromatic rings. The van der Waals surface area contributed by atoms with Crippen molar-refractivity contribution in [3.8, 4) is 11.8 Å². The highest BCUT2D eigenvalue weighted by molar-refractivity contribution is 5.92. The maximum Gasteiger partial charge on any atom is 0.288 e. The van der Waals surface area contributed by atoms with Gasteiger partial charge in [0.05, 0.1) is 18.0 Å². The first-order valence-corrected chi connectivity index (χ1v) is 8.02. The second-order valence-corrected chi connectivity index (χ2v) is 5.66. The Labute approximate surface area is 145 Å². The number of furan rings is 1. The second-order valence-electron chi connectivity index (χ2n) is 5.66. The van der Waals surface area contributed by atoms with Crippen molar-refractivity contribution in [3.63, 3.8) is 0 Å². The van der Waals surface area contributed by atoms with Gasteiger partial charge in [-0.15, -0.1) is 0 Å². The van der Waals surface area contributed by atoms with Crippen molar-refractivity contribution < 1.29 is 9.21 Å². The third-order valence-corrected chi connectivity index (χ3v) is 3.93. The largest absolute Gasteiger partial charge is 0.456 e. The summed E-state index contributed by atoms with van der Waals surface area (Å²) >= 11 is 0. The van der Waals surface area contributed by atoms with Crippen LogP contribution in [0.4, 0.5) is 0 Å². The van der Waals surface area contributed by atoms with E-state index in [-0.39, 0.29) is 5.76 Å². The molecule has 0 aliphatic heterocycles. The average Bonchev–Trinajstić information content (AvgIpc) is 3.27. The predicted molar refractivity (Wildman–Crippen MR) is 92.2 cm³/mol. The predicted octanol–water partition coefficient (Wildman–Crippen LogP) is 3.33. The van der Waals surface area contributed by atoms with Gasteiger partial charge in [-0.25, -0.2) is 4.68 Å². The molecule has 25 heavy (non-hydrogen) atoms. The van der Waals surface area contributed by atoms with E-state index in [2.05, 4.69) is 16.5 Å². The lowest BCUT2D eigenvalue weighted by molar-refractivity contribution is 0.0915. The smallest absolute Gasteiger partial charge is 0.288 e. The Morgan fingerprint density at radius 3 is 2.80 bits per heavy atom. The SMILES string of the molecule is CCc1oc(C(=O)N[C@H](C#N)c2cnn(-c3ccccc3)c2)cc1C. The molecule has 0 spiro atoms. The van der Waals surface area contributed by atoms with Crippen LogP contribution in [0.25, 0.3) is 5.69 Å². The number of amides is 1. The number of nitrogens with zero attached hydrogens (tertiary/aromatic N) is 3. The van der Waals surface area contributed by atoms with Crippen molar-refractivity contribution in [3.05, 3.63) is 71.4 Å². The lowest BCUT2D eigenvalue weighted by Gasteiger charge is -2.08. The molecular formula is C19H18N4O2. The van der Waals surface area contributed by atoms with E-state index in [0.717, 1.165) is 17.0 Å². The van der Waals surface area contributed by atoms with Crippen molar-refractivity contribution in [2.24, 2.45) is 0 Å². The Morgan fingerprint density at radius 1 is 1.40 bits per heavy atom. The first-order chi connectivity index (χ1) is 12.1. The van der Waals surface area contributed by atoms with Gasteiger partial charge >= 0.3 is 0 Å². The van der Waals surface area contributed by atoms with E-state index in [9.17, 15) is 10.1 Å². The minimum absolute atomic E-state index is 0.213. The molecule has 0 unspecified atom stereocenters. The molecule has 0 saturated carbocycles. The van der Waals surface area contributed by atoms with E-state index in [1.54, 1.807) is 23.1 Å². The first-order valence-electron chi connectivity index (χ1n) is 8.02. The van der Waals surface area contributed by atoms with Gasteiger partial charge in [0.1, 0.15) is 11.8 Å². The van der Waals surface area contributed by atoms with Gasteiger partial charge in [0.15, 0.2) is 5.76 Å². The van der Waals surface area contributed by atoms with Gasteiger partial charge in [0.2, 0.25) is 0 Å². The molecule has 0 fully saturated rings. The molecule has 3 rings (SSSR count). The summed E-state index contributed by atoms with van der Waals surface area (Å²) in [6.45, 7) is 3.86. The van der Waals surface area contributed by atoms with Gasteiger partial charge < -0.3 is 9.73 Å². The average molecular weight is 334 g/mol. The molecule has 1 amide bonds. The summed E-state index contributed by atoms with van der Waals surface area (Å²) in [5, 5.41) is 16.4. The maximum absolute atomic E-state index is 12.4. The van der Waals surface area contributed by atoms with Crippen molar-refractivity contribution in [1.82, 2.24) is 15.1 Å². The number of para-hydroxylation sites is 1. The van der Waals surface area contributed by atoms with Crippen LogP contribution < -0.4 is 5.32 Å². The molecular weight excluding hydrogens is 316 g/mol. The Kier molecular flexibility index (Phi) is 4.66. The zero-order chi connectivity index (χ0) is 17.8.